The molecular weight excluding hydrogens is 382 g/mol. The van der Waals surface area contributed by atoms with E-state index in [-0.39, 0.29) is 22.4 Å². The third-order valence-corrected chi connectivity index (χ3v) is 5.45. The molecular formula is C22H23N5O3. The normalized spacial score (nSPS) is 14.5. The van der Waals surface area contributed by atoms with E-state index in [1.54, 1.807) is 24.4 Å². The molecule has 0 spiro atoms. The lowest BCUT2D eigenvalue weighted by molar-refractivity contribution is -0.384. The Morgan fingerprint density at radius 1 is 1.10 bits per heavy atom. The van der Waals surface area contributed by atoms with Crippen molar-refractivity contribution >= 4 is 23.0 Å². The first kappa shape index (κ1) is 19.6. The minimum Gasteiger partial charge on any atom is -0.366 e. The van der Waals surface area contributed by atoms with Gasteiger partial charge in [0.05, 0.1) is 11.5 Å². The third kappa shape index (κ3) is 4.32. The van der Waals surface area contributed by atoms with Crippen LogP contribution in [0.3, 0.4) is 0 Å². The van der Waals surface area contributed by atoms with Crippen molar-refractivity contribution < 1.29 is 9.72 Å². The second-order valence-corrected chi connectivity index (χ2v) is 7.36. The molecule has 8 heteroatoms. The van der Waals surface area contributed by atoms with Crippen LogP contribution in [0, 0.1) is 16.0 Å². The van der Waals surface area contributed by atoms with Crippen LogP contribution in [-0.2, 0) is 11.3 Å². The highest BCUT2D eigenvalue weighted by molar-refractivity contribution is 5.93. The molecule has 0 saturated carbocycles. The second kappa shape index (κ2) is 8.77. The number of amides is 1. The molecule has 0 atom stereocenters. The van der Waals surface area contributed by atoms with E-state index in [1.807, 2.05) is 46.1 Å². The molecule has 0 unspecified atom stereocenters. The van der Waals surface area contributed by atoms with Crippen LogP contribution in [0.15, 0.2) is 67.0 Å². The average Bonchev–Trinajstić information content (AvgIpc) is 3.28. The molecule has 1 N–H and O–H groups in total. The lowest BCUT2D eigenvalue weighted by atomic mass is 9.95. The molecule has 30 heavy (non-hydrogen) atoms. The predicted molar refractivity (Wildman–Crippen MR) is 114 cm³/mol. The number of rotatable bonds is 6. The molecule has 0 bridgehead atoms. The number of nitrogens with one attached hydrogen (secondary N) is 1. The van der Waals surface area contributed by atoms with Crippen LogP contribution in [0.4, 0.5) is 17.1 Å². The van der Waals surface area contributed by atoms with Crippen LogP contribution in [-0.4, -0.2) is 33.7 Å². The summed E-state index contributed by atoms with van der Waals surface area (Å²) in [6.07, 6.45) is 4.92. The molecule has 1 aliphatic rings. The summed E-state index contributed by atoms with van der Waals surface area (Å²) in [7, 11) is 0. The molecule has 1 saturated heterocycles. The summed E-state index contributed by atoms with van der Waals surface area (Å²) in [4.78, 5) is 25.8. The summed E-state index contributed by atoms with van der Waals surface area (Å²) in [6, 6.07) is 16.4. The number of aromatic nitrogens is 2. The number of nitro groups is 1. The van der Waals surface area contributed by atoms with E-state index in [0.717, 1.165) is 11.3 Å². The summed E-state index contributed by atoms with van der Waals surface area (Å²) in [6.45, 7) is 1.80. The molecule has 2 aromatic carbocycles. The Morgan fingerprint density at radius 2 is 1.83 bits per heavy atom. The van der Waals surface area contributed by atoms with E-state index in [0.29, 0.717) is 38.2 Å². The highest BCUT2D eigenvalue weighted by atomic mass is 16.6. The van der Waals surface area contributed by atoms with Crippen molar-refractivity contribution in [3.05, 3.63) is 82.7 Å². The highest BCUT2D eigenvalue weighted by Crippen LogP contribution is 2.31. The van der Waals surface area contributed by atoms with Crippen molar-refractivity contribution in [3.8, 4) is 0 Å². The maximum atomic E-state index is 12.9. The number of carbonyl (C=O) groups is 1. The SMILES string of the molecule is O=C(Nc1ccccc1Cn1cccn1)C1CCN(c2ccccc2[N+](=O)[O-])CC1. The van der Waals surface area contributed by atoms with Crippen molar-refractivity contribution in [1.82, 2.24) is 9.78 Å². The predicted octanol–water partition coefficient (Wildman–Crippen LogP) is 3.69. The van der Waals surface area contributed by atoms with Crippen molar-refractivity contribution in [3.63, 3.8) is 0 Å². The highest BCUT2D eigenvalue weighted by Gasteiger charge is 2.28. The number of hydrogen-bond acceptors (Lipinski definition) is 5. The van der Waals surface area contributed by atoms with Crippen molar-refractivity contribution in [2.75, 3.05) is 23.3 Å². The van der Waals surface area contributed by atoms with Gasteiger partial charge < -0.3 is 10.2 Å². The average molecular weight is 405 g/mol. The van der Waals surface area contributed by atoms with Crippen LogP contribution in [0.25, 0.3) is 0 Å². The van der Waals surface area contributed by atoms with Crippen LogP contribution >= 0.6 is 0 Å². The Bertz CT molecular complexity index is 1030. The molecule has 1 amide bonds. The monoisotopic (exact) mass is 405 g/mol. The zero-order valence-corrected chi connectivity index (χ0v) is 16.5. The summed E-state index contributed by atoms with van der Waals surface area (Å²) in [5, 5.41) is 18.6. The first-order valence-electron chi connectivity index (χ1n) is 9.96. The molecule has 2 heterocycles. The fourth-order valence-electron chi connectivity index (χ4n) is 3.85. The number of nitro benzene ring substituents is 1. The van der Waals surface area contributed by atoms with Gasteiger partial charge in [-0.15, -0.1) is 0 Å². The fraction of sp³-hybridized carbons (Fsp3) is 0.273. The maximum Gasteiger partial charge on any atom is 0.292 e. The standard InChI is InChI=1S/C22H23N5O3/c28-22(24-19-7-2-1-6-18(19)16-26-13-5-12-23-26)17-10-14-25(15-11-17)20-8-3-4-9-21(20)27(29)30/h1-9,12-13,17H,10-11,14-16H2,(H,24,28). The zero-order valence-electron chi connectivity index (χ0n) is 16.5. The van der Waals surface area contributed by atoms with Gasteiger partial charge in [0.25, 0.3) is 5.69 Å². The lowest BCUT2D eigenvalue weighted by Crippen LogP contribution is -2.38. The van der Waals surface area contributed by atoms with Crippen LogP contribution in [0.1, 0.15) is 18.4 Å². The maximum absolute atomic E-state index is 12.9. The number of para-hydroxylation sites is 3. The number of hydrogen-bond donors (Lipinski definition) is 1. The van der Waals surface area contributed by atoms with E-state index < -0.39 is 0 Å². The van der Waals surface area contributed by atoms with E-state index in [2.05, 4.69) is 10.4 Å². The van der Waals surface area contributed by atoms with Crippen LogP contribution in [0.5, 0.6) is 0 Å². The Kier molecular flexibility index (Phi) is 5.74. The summed E-state index contributed by atoms with van der Waals surface area (Å²) in [5.41, 5.74) is 2.50. The minimum absolute atomic E-state index is 0.00914. The van der Waals surface area contributed by atoms with E-state index in [9.17, 15) is 14.9 Å². The Morgan fingerprint density at radius 3 is 2.57 bits per heavy atom. The zero-order chi connectivity index (χ0) is 20.9. The Balaban J connectivity index is 1.40. The molecule has 0 aliphatic carbocycles. The van der Waals surface area contributed by atoms with Crippen molar-refractivity contribution in [2.24, 2.45) is 5.92 Å². The molecule has 8 nitrogen and oxygen atoms in total. The van der Waals surface area contributed by atoms with Crippen molar-refractivity contribution in [1.29, 1.82) is 0 Å². The summed E-state index contributed by atoms with van der Waals surface area (Å²) in [5.74, 6) is -0.132. The number of piperidine rings is 1. The summed E-state index contributed by atoms with van der Waals surface area (Å²) < 4.78 is 1.82. The lowest BCUT2D eigenvalue weighted by Gasteiger charge is -2.32. The molecule has 0 radical (unpaired) electrons. The topological polar surface area (TPSA) is 93.3 Å². The fourth-order valence-corrected chi connectivity index (χ4v) is 3.85. The number of benzene rings is 2. The number of carbonyl (C=O) groups excluding carboxylic acids is 1. The van der Waals surface area contributed by atoms with Gasteiger partial charge in [0.2, 0.25) is 5.91 Å². The van der Waals surface area contributed by atoms with Gasteiger partial charge >= 0.3 is 0 Å². The molecule has 1 aromatic heterocycles. The van der Waals surface area contributed by atoms with Gasteiger partial charge in [0.15, 0.2) is 0 Å². The number of nitrogens with zero attached hydrogens (tertiary/aromatic N) is 4. The largest absolute Gasteiger partial charge is 0.366 e. The molecule has 3 aromatic rings. The van der Waals surface area contributed by atoms with Crippen LogP contribution in [0.2, 0.25) is 0 Å². The Labute approximate surface area is 174 Å². The molecule has 154 valence electrons. The quantitative estimate of drug-likeness (QED) is 0.499. The van der Waals surface area contributed by atoms with Gasteiger partial charge in [0, 0.05) is 43.2 Å². The molecule has 1 aliphatic heterocycles. The minimum atomic E-state index is -0.356. The van der Waals surface area contributed by atoms with Gasteiger partial charge in [-0.1, -0.05) is 30.3 Å². The van der Waals surface area contributed by atoms with E-state index in [1.165, 1.54) is 6.07 Å². The van der Waals surface area contributed by atoms with Gasteiger partial charge in [-0.3, -0.25) is 19.6 Å². The van der Waals surface area contributed by atoms with E-state index in [4.69, 9.17) is 0 Å². The number of anilines is 2. The smallest absolute Gasteiger partial charge is 0.292 e. The first-order valence-corrected chi connectivity index (χ1v) is 9.96. The molecule has 1 fully saturated rings. The Hall–Kier alpha value is -3.68. The van der Waals surface area contributed by atoms with Gasteiger partial charge in [0.1, 0.15) is 5.69 Å². The third-order valence-electron chi connectivity index (χ3n) is 5.45. The summed E-state index contributed by atoms with van der Waals surface area (Å²) >= 11 is 0. The van der Waals surface area contributed by atoms with Gasteiger partial charge in [-0.05, 0) is 36.6 Å². The van der Waals surface area contributed by atoms with Gasteiger partial charge in [-0.25, -0.2) is 0 Å². The van der Waals surface area contributed by atoms with Crippen molar-refractivity contribution in [2.45, 2.75) is 19.4 Å². The molecule has 4 rings (SSSR count). The van der Waals surface area contributed by atoms with Gasteiger partial charge in [-0.2, -0.15) is 5.10 Å². The first-order chi connectivity index (χ1) is 14.6. The van der Waals surface area contributed by atoms with E-state index >= 15 is 0 Å². The van der Waals surface area contributed by atoms with Crippen LogP contribution < -0.4 is 10.2 Å². The second-order valence-electron chi connectivity index (χ2n) is 7.36.